The Balaban J connectivity index is 1.73. The molecule has 0 bridgehead atoms. The highest BCUT2D eigenvalue weighted by atomic mass is 35.5. The smallest absolute Gasteiger partial charge is 0.224 e. The summed E-state index contributed by atoms with van der Waals surface area (Å²) in [7, 11) is 0. The van der Waals surface area contributed by atoms with E-state index in [2.05, 4.69) is 10.4 Å². The lowest BCUT2D eigenvalue weighted by molar-refractivity contribution is -0.120. The van der Waals surface area contributed by atoms with Crippen molar-refractivity contribution in [2.45, 2.75) is 33.7 Å². The van der Waals surface area contributed by atoms with Crippen molar-refractivity contribution in [3.63, 3.8) is 0 Å². The minimum Gasteiger partial charge on any atom is -0.352 e. The van der Waals surface area contributed by atoms with E-state index >= 15 is 0 Å². The van der Waals surface area contributed by atoms with Gasteiger partial charge in [0.05, 0.1) is 17.8 Å². The van der Waals surface area contributed by atoms with Crippen molar-refractivity contribution in [1.29, 1.82) is 0 Å². The first-order valence-corrected chi connectivity index (χ1v) is 8.96. The molecule has 1 aromatic heterocycles. The van der Waals surface area contributed by atoms with Crippen molar-refractivity contribution < 1.29 is 4.79 Å². The summed E-state index contributed by atoms with van der Waals surface area (Å²) in [5, 5.41) is 8.24. The summed E-state index contributed by atoms with van der Waals surface area (Å²) in [6, 6.07) is 15.7. The number of aryl methyl sites for hydroxylation is 2. The summed E-state index contributed by atoms with van der Waals surface area (Å²) in [5.74, 6) is -0.0388. The van der Waals surface area contributed by atoms with Crippen LogP contribution in [0.25, 0.3) is 5.69 Å². The molecule has 5 heteroatoms. The van der Waals surface area contributed by atoms with E-state index < -0.39 is 0 Å². The molecule has 134 valence electrons. The molecular weight excluding hydrogens is 346 g/mol. The number of nitrogens with zero attached hydrogens (tertiary/aromatic N) is 2. The Kier molecular flexibility index (Phi) is 5.43. The molecule has 0 radical (unpaired) electrons. The van der Waals surface area contributed by atoms with Crippen LogP contribution in [-0.4, -0.2) is 15.7 Å². The number of halogens is 1. The second kappa shape index (κ2) is 7.75. The van der Waals surface area contributed by atoms with Gasteiger partial charge in [0.1, 0.15) is 0 Å². The van der Waals surface area contributed by atoms with Gasteiger partial charge in [-0.25, -0.2) is 4.68 Å². The van der Waals surface area contributed by atoms with Gasteiger partial charge in [-0.3, -0.25) is 4.79 Å². The fourth-order valence-corrected chi connectivity index (χ4v) is 3.34. The van der Waals surface area contributed by atoms with Crippen LogP contribution in [0.2, 0.25) is 5.02 Å². The SMILES string of the molecule is Cc1cccc(Cl)c1CNC(=O)Cc1c(C)nn(-c2ccccc2)c1C. The molecule has 26 heavy (non-hydrogen) atoms. The fraction of sp³-hybridized carbons (Fsp3) is 0.238. The molecule has 0 aliphatic heterocycles. The van der Waals surface area contributed by atoms with Gasteiger partial charge in [-0.15, -0.1) is 0 Å². The first-order valence-electron chi connectivity index (χ1n) is 8.58. The molecule has 0 spiro atoms. The number of para-hydroxylation sites is 1. The van der Waals surface area contributed by atoms with Gasteiger partial charge in [0.25, 0.3) is 0 Å². The van der Waals surface area contributed by atoms with Crippen molar-refractivity contribution in [3.8, 4) is 5.69 Å². The molecule has 0 unspecified atom stereocenters. The van der Waals surface area contributed by atoms with Crippen LogP contribution in [0, 0.1) is 20.8 Å². The molecule has 1 amide bonds. The molecule has 1 heterocycles. The zero-order valence-corrected chi connectivity index (χ0v) is 16.0. The molecule has 3 aromatic rings. The monoisotopic (exact) mass is 367 g/mol. The minimum absolute atomic E-state index is 0.0388. The zero-order valence-electron chi connectivity index (χ0n) is 15.2. The maximum Gasteiger partial charge on any atom is 0.224 e. The molecule has 0 aliphatic carbocycles. The predicted octanol–water partition coefficient (Wildman–Crippen LogP) is 4.31. The quantitative estimate of drug-likeness (QED) is 0.730. The maximum atomic E-state index is 12.5. The van der Waals surface area contributed by atoms with Crippen LogP contribution in [-0.2, 0) is 17.8 Å². The van der Waals surface area contributed by atoms with Crippen LogP contribution in [0.15, 0.2) is 48.5 Å². The van der Waals surface area contributed by atoms with Crippen LogP contribution >= 0.6 is 11.6 Å². The van der Waals surface area contributed by atoms with Crippen molar-refractivity contribution in [2.24, 2.45) is 0 Å². The second-order valence-corrected chi connectivity index (χ2v) is 6.79. The number of amides is 1. The fourth-order valence-electron chi connectivity index (χ4n) is 3.05. The molecule has 0 aliphatic rings. The molecule has 4 nitrogen and oxygen atoms in total. The maximum absolute atomic E-state index is 12.5. The van der Waals surface area contributed by atoms with E-state index in [1.54, 1.807) is 0 Å². The van der Waals surface area contributed by atoms with Crippen molar-refractivity contribution >= 4 is 17.5 Å². The van der Waals surface area contributed by atoms with E-state index in [4.69, 9.17) is 11.6 Å². The molecule has 0 atom stereocenters. The average Bonchev–Trinajstić information content (AvgIpc) is 2.90. The Morgan fingerprint density at radius 1 is 1.04 bits per heavy atom. The third-order valence-corrected chi connectivity index (χ3v) is 4.95. The zero-order chi connectivity index (χ0) is 18.7. The van der Waals surface area contributed by atoms with Crippen LogP contribution in [0.4, 0.5) is 0 Å². The van der Waals surface area contributed by atoms with E-state index in [-0.39, 0.29) is 5.91 Å². The van der Waals surface area contributed by atoms with Crippen LogP contribution in [0.1, 0.15) is 28.1 Å². The highest BCUT2D eigenvalue weighted by molar-refractivity contribution is 6.31. The third-order valence-electron chi connectivity index (χ3n) is 4.59. The molecule has 3 rings (SSSR count). The second-order valence-electron chi connectivity index (χ2n) is 6.39. The van der Waals surface area contributed by atoms with Crippen LogP contribution < -0.4 is 5.32 Å². The summed E-state index contributed by atoms with van der Waals surface area (Å²) < 4.78 is 1.89. The van der Waals surface area contributed by atoms with Crippen LogP contribution in [0.5, 0.6) is 0 Å². The number of rotatable bonds is 5. The van der Waals surface area contributed by atoms with Crippen molar-refractivity contribution in [3.05, 3.63) is 81.6 Å². The van der Waals surface area contributed by atoms with E-state index in [0.29, 0.717) is 18.0 Å². The molecule has 1 N–H and O–H groups in total. The molecule has 2 aromatic carbocycles. The minimum atomic E-state index is -0.0388. The standard InChI is InChI=1S/C21H22ClN3O/c1-14-8-7-11-20(22)19(14)13-23-21(26)12-18-15(2)24-25(16(18)3)17-9-5-4-6-10-17/h4-11H,12-13H2,1-3H3,(H,23,26). The Morgan fingerprint density at radius 2 is 1.77 bits per heavy atom. The summed E-state index contributed by atoms with van der Waals surface area (Å²) in [6.45, 7) is 6.35. The van der Waals surface area contributed by atoms with Crippen molar-refractivity contribution in [1.82, 2.24) is 15.1 Å². The van der Waals surface area contributed by atoms with Gasteiger partial charge in [-0.2, -0.15) is 5.10 Å². The number of hydrogen-bond acceptors (Lipinski definition) is 2. The highest BCUT2D eigenvalue weighted by Crippen LogP contribution is 2.20. The Labute approximate surface area is 158 Å². The van der Waals surface area contributed by atoms with Gasteiger partial charge in [-0.05, 0) is 50.1 Å². The number of carbonyl (C=O) groups excluding carboxylic acids is 1. The lowest BCUT2D eigenvalue weighted by atomic mass is 10.1. The van der Waals surface area contributed by atoms with E-state index in [1.165, 1.54) is 0 Å². The predicted molar refractivity (Wildman–Crippen MR) is 105 cm³/mol. The first kappa shape index (κ1) is 18.2. The Morgan fingerprint density at radius 3 is 2.46 bits per heavy atom. The van der Waals surface area contributed by atoms with Gasteiger partial charge in [0, 0.05) is 22.8 Å². The number of aromatic nitrogens is 2. The molecule has 0 saturated carbocycles. The third kappa shape index (κ3) is 3.81. The van der Waals surface area contributed by atoms with Gasteiger partial charge in [0.2, 0.25) is 5.91 Å². The molecule has 0 fully saturated rings. The number of benzene rings is 2. The number of carbonyl (C=O) groups is 1. The van der Waals surface area contributed by atoms with Crippen molar-refractivity contribution in [2.75, 3.05) is 0 Å². The Hall–Kier alpha value is -2.59. The lowest BCUT2D eigenvalue weighted by Gasteiger charge is -2.10. The molecular formula is C21H22ClN3O. The first-order chi connectivity index (χ1) is 12.5. The van der Waals surface area contributed by atoms with Gasteiger partial charge >= 0.3 is 0 Å². The van der Waals surface area contributed by atoms with Gasteiger partial charge in [0.15, 0.2) is 0 Å². The topological polar surface area (TPSA) is 46.9 Å². The van der Waals surface area contributed by atoms with Crippen LogP contribution in [0.3, 0.4) is 0 Å². The summed E-state index contributed by atoms with van der Waals surface area (Å²) in [5.41, 5.74) is 5.83. The normalized spacial score (nSPS) is 10.8. The largest absolute Gasteiger partial charge is 0.352 e. The Bertz CT molecular complexity index is 912. The van der Waals surface area contributed by atoms with E-state index in [0.717, 1.165) is 33.8 Å². The molecule has 0 saturated heterocycles. The van der Waals surface area contributed by atoms with Gasteiger partial charge in [-0.1, -0.05) is 41.9 Å². The lowest BCUT2D eigenvalue weighted by Crippen LogP contribution is -2.25. The number of nitrogens with one attached hydrogen (secondary N) is 1. The van der Waals surface area contributed by atoms with Gasteiger partial charge < -0.3 is 5.32 Å². The summed E-state index contributed by atoms with van der Waals surface area (Å²) in [6.07, 6.45) is 0.300. The average molecular weight is 368 g/mol. The van der Waals surface area contributed by atoms with E-state index in [9.17, 15) is 4.79 Å². The number of hydrogen-bond donors (Lipinski definition) is 1. The van der Waals surface area contributed by atoms with E-state index in [1.807, 2.05) is 74.0 Å². The highest BCUT2D eigenvalue weighted by Gasteiger charge is 2.16. The summed E-state index contributed by atoms with van der Waals surface area (Å²) >= 11 is 6.23. The summed E-state index contributed by atoms with van der Waals surface area (Å²) in [4.78, 5) is 12.5.